The van der Waals surface area contributed by atoms with Crippen molar-refractivity contribution in [1.82, 2.24) is 10.6 Å². The fourth-order valence-electron chi connectivity index (χ4n) is 4.56. The number of benzene rings is 2. The average molecular weight is 1440 g/mol. The van der Waals surface area contributed by atoms with Gasteiger partial charge in [-0.25, -0.2) is 0 Å². The van der Waals surface area contributed by atoms with E-state index in [1.54, 1.807) is 73.8 Å². The molecule has 54 heavy (non-hydrogen) atoms. The highest BCUT2D eigenvalue weighted by atomic mass is 127. The second-order valence-corrected chi connectivity index (χ2v) is 17.9. The quantitative estimate of drug-likeness (QED) is 0.0598. The van der Waals surface area contributed by atoms with Gasteiger partial charge in [0.15, 0.2) is 0 Å². The Morgan fingerprint density at radius 3 is 1.39 bits per heavy atom. The van der Waals surface area contributed by atoms with E-state index in [9.17, 15) is 59.7 Å². The maximum Gasteiger partial charge on any atom is 0.253 e. The highest BCUT2D eigenvalue weighted by Crippen LogP contribution is 2.39. The van der Waals surface area contributed by atoms with Crippen LogP contribution < -0.4 is 26.2 Å². The van der Waals surface area contributed by atoms with Crippen LogP contribution in [0.5, 0.6) is 0 Å². The summed E-state index contributed by atoms with van der Waals surface area (Å²) >= 11 is 10.8. The van der Waals surface area contributed by atoms with Crippen molar-refractivity contribution in [1.29, 1.82) is 0 Å². The molecule has 0 fully saturated rings. The molecular weight excluding hydrogens is 1400 g/mol. The first kappa shape index (κ1) is 50.0. The lowest BCUT2D eigenvalue weighted by Crippen LogP contribution is -2.46. The van der Waals surface area contributed by atoms with Crippen molar-refractivity contribution in [2.24, 2.45) is 5.73 Å². The average Bonchev–Trinajstić information content (AvgIpc) is 3.10. The number of nitrogens with two attached hydrogens (primary N) is 1. The van der Waals surface area contributed by atoms with E-state index in [1.165, 1.54) is 0 Å². The van der Waals surface area contributed by atoms with Crippen LogP contribution in [0.1, 0.15) is 37.5 Å². The minimum atomic E-state index is -1.58. The van der Waals surface area contributed by atoms with Crippen molar-refractivity contribution in [3.63, 3.8) is 0 Å². The number of halogens is 6. The minimum Gasteiger partial charge on any atom is -0.394 e. The van der Waals surface area contributed by atoms with E-state index in [0.29, 0.717) is 7.14 Å². The van der Waals surface area contributed by atoms with Crippen LogP contribution in [-0.4, -0.2) is 147 Å². The topological polar surface area (TPSA) is 304 Å². The Hall–Kier alpha value is -0.150. The number of nitrogens with one attached hydrogen (secondary N) is 2. The molecule has 0 radical (unpaired) electrons. The number of hydrogen-bond donors (Lipinski definition) is 11. The molecule has 24 heteroatoms. The van der Waals surface area contributed by atoms with Crippen LogP contribution >= 0.6 is 136 Å². The molecular formula is C30H35I6N5O13. The largest absolute Gasteiger partial charge is 0.394 e. The maximum absolute atomic E-state index is 14.3. The summed E-state index contributed by atoms with van der Waals surface area (Å²) in [6.45, 7) is -4.75. The van der Waals surface area contributed by atoms with Gasteiger partial charge >= 0.3 is 0 Å². The Labute approximate surface area is 390 Å². The summed E-state index contributed by atoms with van der Waals surface area (Å²) < 4.78 is 1.25. The molecule has 300 valence electrons. The fraction of sp³-hybridized carbons (Fsp3) is 0.433. The van der Waals surface area contributed by atoms with Gasteiger partial charge in [0.05, 0.1) is 103 Å². The number of carbonyl (C=O) groups excluding carboxylic acids is 5. The van der Waals surface area contributed by atoms with Gasteiger partial charge in [-0.1, -0.05) is 0 Å². The molecule has 18 nitrogen and oxygen atoms in total. The summed E-state index contributed by atoms with van der Waals surface area (Å²) in [5, 5.41) is 83.3. The summed E-state index contributed by atoms with van der Waals surface area (Å²) in [7, 11) is 0. The van der Waals surface area contributed by atoms with Crippen molar-refractivity contribution in [3.05, 3.63) is 44.2 Å². The summed E-state index contributed by atoms with van der Waals surface area (Å²) in [6, 6.07) is 1.56. The summed E-state index contributed by atoms with van der Waals surface area (Å²) in [6.07, 6.45) is -6.64. The first-order valence-corrected chi connectivity index (χ1v) is 21.7. The fourth-order valence-corrected chi connectivity index (χ4v) is 13.8. The molecule has 2 rings (SSSR count). The predicted octanol–water partition coefficient (Wildman–Crippen LogP) is -0.958. The molecule has 0 bridgehead atoms. The highest BCUT2D eigenvalue weighted by Gasteiger charge is 2.35. The molecule has 0 saturated heterocycles. The highest BCUT2D eigenvalue weighted by molar-refractivity contribution is 14.1. The predicted molar refractivity (Wildman–Crippen MR) is 244 cm³/mol. The zero-order chi connectivity index (χ0) is 41.2. The summed E-state index contributed by atoms with van der Waals surface area (Å²) in [5.41, 5.74) is 5.41. The van der Waals surface area contributed by atoms with E-state index in [2.05, 4.69) is 10.6 Å². The smallest absolute Gasteiger partial charge is 0.253 e. The van der Waals surface area contributed by atoms with Crippen molar-refractivity contribution < 1.29 is 64.8 Å². The standard InChI is InChI=1S/C30H35I6N5O13/c31-15-1-16(32)26(23(34)19(15)29(53)38-3-11(46)7-42)40(5-13(48)9-44)17(50)2-18(51)41(6-14(49)10-45)27-24(35)20(28(37)52)22(33)21(25(27)36)30(54)39-4-12(47)8-43/h1,11-14,42-49H,2-10H2,(H2,37,52)(H,38,53)(H,39,54). The number of primary amides is 1. The number of hydrogen-bond acceptors (Lipinski definition) is 13. The molecule has 4 atom stereocenters. The molecule has 2 aromatic rings. The number of rotatable bonds is 19. The van der Waals surface area contributed by atoms with Gasteiger partial charge in [0.1, 0.15) is 6.42 Å². The third-order valence-corrected chi connectivity index (χ3v) is 13.1. The van der Waals surface area contributed by atoms with Gasteiger partial charge in [-0.2, -0.15) is 0 Å². The second kappa shape index (κ2) is 23.4. The second-order valence-electron chi connectivity index (χ2n) is 11.2. The molecule has 0 heterocycles. The van der Waals surface area contributed by atoms with Gasteiger partial charge in [0, 0.05) is 23.8 Å². The van der Waals surface area contributed by atoms with Crippen LogP contribution in [0.25, 0.3) is 0 Å². The molecule has 0 spiro atoms. The lowest BCUT2D eigenvalue weighted by Gasteiger charge is -2.31. The normalized spacial score (nSPS) is 13.4. The third-order valence-electron chi connectivity index (χ3n) is 7.21. The first-order chi connectivity index (χ1) is 25.3. The zero-order valence-corrected chi connectivity index (χ0v) is 40.6. The van der Waals surface area contributed by atoms with E-state index in [-0.39, 0.29) is 55.4 Å². The molecule has 5 amide bonds. The van der Waals surface area contributed by atoms with Gasteiger partial charge in [-0.05, 0) is 142 Å². The maximum atomic E-state index is 14.3. The lowest BCUT2D eigenvalue weighted by atomic mass is 10.1. The van der Waals surface area contributed by atoms with Gasteiger partial charge in [-0.3, -0.25) is 24.0 Å². The van der Waals surface area contributed by atoms with E-state index < -0.39 is 99.9 Å². The molecule has 0 aliphatic carbocycles. The molecule has 2 aromatic carbocycles. The zero-order valence-electron chi connectivity index (χ0n) is 27.6. The van der Waals surface area contributed by atoms with Crippen LogP contribution in [-0.2, 0) is 9.59 Å². The van der Waals surface area contributed by atoms with E-state index in [0.717, 1.165) is 9.80 Å². The van der Waals surface area contributed by atoms with Crippen molar-refractivity contribution in [3.8, 4) is 0 Å². The summed E-state index contributed by atoms with van der Waals surface area (Å²) in [5.74, 6) is -4.42. The SMILES string of the molecule is NC(=O)c1c(I)c(C(=O)NCC(O)CO)c(I)c(N(CC(O)CO)C(=O)CC(=O)N(CC(O)CO)c2c(I)cc(I)c(C(=O)NCC(O)CO)c2I)c1I. The van der Waals surface area contributed by atoms with E-state index >= 15 is 0 Å². The number of aliphatic hydroxyl groups excluding tert-OH is 8. The van der Waals surface area contributed by atoms with Crippen molar-refractivity contribution >= 4 is 176 Å². The molecule has 0 aliphatic rings. The number of aliphatic hydroxyl groups is 8. The molecule has 0 saturated carbocycles. The lowest BCUT2D eigenvalue weighted by molar-refractivity contribution is -0.127. The minimum absolute atomic E-state index is 0.0584. The van der Waals surface area contributed by atoms with Gasteiger partial charge < -0.3 is 67.0 Å². The number of amides is 5. The molecule has 0 aliphatic heterocycles. The Kier molecular flexibility index (Phi) is 21.7. The summed E-state index contributed by atoms with van der Waals surface area (Å²) in [4.78, 5) is 69.7. The number of carbonyl (C=O) groups is 5. The van der Waals surface area contributed by atoms with Crippen LogP contribution in [0.4, 0.5) is 11.4 Å². The Balaban J connectivity index is 2.78. The third kappa shape index (κ3) is 12.9. The van der Waals surface area contributed by atoms with Gasteiger partial charge in [0.2, 0.25) is 11.8 Å². The van der Waals surface area contributed by atoms with Crippen LogP contribution in [0.15, 0.2) is 6.07 Å². The monoisotopic (exact) mass is 1430 g/mol. The van der Waals surface area contributed by atoms with Crippen molar-refractivity contribution in [2.75, 3.05) is 62.4 Å². The number of nitrogens with zero attached hydrogens (tertiary/aromatic N) is 2. The van der Waals surface area contributed by atoms with Crippen molar-refractivity contribution in [2.45, 2.75) is 30.8 Å². The van der Waals surface area contributed by atoms with Crippen LogP contribution in [0, 0.1) is 21.4 Å². The molecule has 12 N–H and O–H groups in total. The van der Waals surface area contributed by atoms with Gasteiger partial charge in [-0.15, -0.1) is 0 Å². The van der Waals surface area contributed by atoms with Gasteiger partial charge in [0.25, 0.3) is 17.7 Å². The van der Waals surface area contributed by atoms with E-state index in [1.807, 2.05) is 67.8 Å². The number of anilines is 2. The van der Waals surface area contributed by atoms with E-state index in [4.69, 9.17) is 10.8 Å². The van der Waals surface area contributed by atoms with Crippen LogP contribution in [0.3, 0.4) is 0 Å². The Morgan fingerprint density at radius 1 is 0.574 bits per heavy atom. The first-order valence-electron chi connectivity index (χ1n) is 15.3. The van der Waals surface area contributed by atoms with Crippen LogP contribution in [0.2, 0.25) is 0 Å². The molecule has 0 aromatic heterocycles. The Bertz CT molecular complexity index is 1740. The Morgan fingerprint density at radius 2 is 0.963 bits per heavy atom. The molecule has 4 unspecified atom stereocenters.